The van der Waals surface area contributed by atoms with Gasteiger partial charge in [0, 0.05) is 11.4 Å². The number of amides is 1. The second-order valence-electron chi connectivity index (χ2n) is 7.56. The fraction of sp³-hybridized carbons (Fsp3) is 0.292. The Balaban J connectivity index is 1.56. The van der Waals surface area contributed by atoms with Gasteiger partial charge in [-0.25, -0.2) is 0 Å². The molecule has 2 aliphatic rings. The van der Waals surface area contributed by atoms with Gasteiger partial charge < -0.3 is 14.4 Å². The van der Waals surface area contributed by atoms with Gasteiger partial charge in [0.05, 0.1) is 26.2 Å². The fourth-order valence-corrected chi connectivity index (χ4v) is 5.47. The summed E-state index contributed by atoms with van der Waals surface area (Å²) in [6.45, 7) is 0.711. The van der Waals surface area contributed by atoms with Crippen molar-refractivity contribution in [2.45, 2.75) is 24.8 Å². The first kappa shape index (κ1) is 18.3. The van der Waals surface area contributed by atoms with Gasteiger partial charge >= 0.3 is 0 Å². The normalized spacial score (nSPS) is 19.7. The van der Waals surface area contributed by atoms with Crippen LogP contribution in [0.2, 0.25) is 0 Å². The van der Waals surface area contributed by atoms with Crippen molar-refractivity contribution in [2.24, 2.45) is 0 Å². The minimum atomic E-state index is -0.0844. The van der Waals surface area contributed by atoms with Crippen LogP contribution < -0.4 is 9.47 Å². The van der Waals surface area contributed by atoms with Crippen LogP contribution in [0.15, 0.2) is 53.9 Å². The Morgan fingerprint density at radius 1 is 1.00 bits per heavy atom. The van der Waals surface area contributed by atoms with Gasteiger partial charge in [0.25, 0.3) is 0 Å². The summed E-state index contributed by atoms with van der Waals surface area (Å²) in [5.74, 6) is 1.64. The average Bonchev–Trinajstić information content (AvgIpc) is 3.27. The molecular formula is C24H23NO3S. The third-order valence-electron chi connectivity index (χ3n) is 6.12. The van der Waals surface area contributed by atoms with E-state index >= 15 is 0 Å². The van der Waals surface area contributed by atoms with Crippen molar-refractivity contribution in [1.82, 2.24) is 4.90 Å². The lowest BCUT2D eigenvalue weighted by molar-refractivity contribution is -0.135. The van der Waals surface area contributed by atoms with E-state index in [9.17, 15) is 4.79 Å². The Morgan fingerprint density at radius 2 is 1.79 bits per heavy atom. The summed E-state index contributed by atoms with van der Waals surface area (Å²) in [5.41, 5.74) is 4.83. The Kier molecular flexibility index (Phi) is 4.55. The maximum Gasteiger partial charge on any atom is 0.231 e. The highest BCUT2D eigenvalue weighted by Gasteiger charge is 2.40. The summed E-state index contributed by atoms with van der Waals surface area (Å²) in [7, 11) is 3.31. The molecule has 0 spiro atoms. The van der Waals surface area contributed by atoms with E-state index < -0.39 is 0 Å². The van der Waals surface area contributed by atoms with E-state index in [0.29, 0.717) is 12.3 Å². The van der Waals surface area contributed by atoms with E-state index in [1.807, 2.05) is 18.2 Å². The van der Waals surface area contributed by atoms with Gasteiger partial charge in [-0.1, -0.05) is 30.3 Å². The van der Waals surface area contributed by atoms with Crippen LogP contribution in [0.3, 0.4) is 0 Å². The maximum absolute atomic E-state index is 13.6. The molecule has 0 fully saturated rings. The molecule has 0 saturated heterocycles. The third kappa shape index (κ3) is 2.92. The number of ether oxygens (including phenoxy) is 2. The zero-order valence-corrected chi connectivity index (χ0v) is 17.4. The lowest BCUT2D eigenvalue weighted by Gasteiger charge is -2.41. The zero-order chi connectivity index (χ0) is 20.0. The standard InChI is InChI=1S/C24H23NO3S/c1-27-20-13-16-9-10-25(24(26)19-12-15-6-3-4-7-17(15)19)23(22-8-5-11-29-22)18(16)14-21(20)28-2/h3-8,11,13-14,19,23H,9-10,12H2,1-2H3/t19-,23+/m1/s1. The summed E-state index contributed by atoms with van der Waals surface area (Å²) >= 11 is 1.69. The number of carbonyl (C=O) groups is 1. The molecule has 1 aromatic heterocycles. The van der Waals surface area contributed by atoms with E-state index in [0.717, 1.165) is 24.2 Å². The maximum atomic E-state index is 13.6. The minimum Gasteiger partial charge on any atom is -0.493 e. The van der Waals surface area contributed by atoms with Gasteiger partial charge in [0.1, 0.15) is 0 Å². The quantitative estimate of drug-likeness (QED) is 0.638. The number of fused-ring (bicyclic) bond motifs is 2. The van der Waals surface area contributed by atoms with Gasteiger partial charge in [0.2, 0.25) is 5.91 Å². The number of hydrogen-bond acceptors (Lipinski definition) is 4. The summed E-state index contributed by atoms with van der Waals surface area (Å²) in [4.78, 5) is 16.9. The Hall–Kier alpha value is -2.79. The molecule has 29 heavy (non-hydrogen) atoms. The lowest BCUT2D eigenvalue weighted by atomic mass is 9.76. The molecule has 2 heterocycles. The molecule has 5 heteroatoms. The SMILES string of the molecule is COc1cc2c(cc1OC)[C@@H](c1cccs1)N(C(=O)[C@@H]1Cc3ccccc31)CC2. The molecule has 3 aromatic rings. The number of benzene rings is 2. The Morgan fingerprint density at radius 3 is 2.52 bits per heavy atom. The molecule has 2 aromatic carbocycles. The van der Waals surface area contributed by atoms with Crippen LogP contribution in [0, 0.1) is 0 Å². The van der Waals surface area contributed by atoms with Gasteiger partial charge in [-0.05, 0) is 58.7 Å². The van der Waals surface area contributed by atoms with Crippen LogP contribution in [-0.2, 0) is 17.6 Å². The van der Waals surface area contributed by atoms with Crippen molar-refractivity contribution in [1.29, 1.82) is 0 Å². The number of thiophene rings is 1. The number of rotatable bonds is 4. The molecule has 0 N–H and O–H groups in total. The first-order valence-corrected chi connectivity index (χ1v) is 10.8. The van der Waals surface area contributed by atoms with Crippen molar-refractivity contribution in [3.05, 3.63) is 81.0 Å². The van der Waals surface area contributed by atoms with E-state index in [1.54, 1.807) is 25.6 Å². The van der Waals surface area contributed by atoms with Gasteiger partial charge in [-0.15, -0.1) is 11.3 Å². The molecule has 1 amide bonds. The topological polar surface area (TPSA) is 38.8 Å². The number of methoxy groups -OCH3 is 2. The van der Waals surface area contributed by atoms with Gasteiger partial charge in [-0.2, -0.15) is 0 Å². The summed E-state index contributed by atoms with van der Waals surface area (Å²) in [6.07, 6.45) is 1.65. The number of nitrogens with zero attached hydrogens (tertiary/aromatic N) is 1. The lowest BCUT2D eigenvalue weighted by Crippen LogP contribution is -2.45. The second-order valence-corrected chi connectivity index (χ2v) is 8.54. The first-order valence-electron chi connectivity index (χ1n) is 9.87. The highest BCUT2D eigenvalue weighted by Crippen LogP contribution is 2.45. The van der Waals surface area contributed by atoms with Crippen molar-refractivity contribution in [3.8, 4) is 11.5 Å². The average molecular weight is 406 g/mol. The molecule has 1 aliphatic carbocycles. The van der Waals surface area contributed by atoms with Crippen molar-refractivity contribution >= 4 is 17.2 Å². The second kappa shape index (κ2) is 7.23. The molecule has 0 unspecified atom stereocenters. The predicted molar refractivity (Wildman–Crippen MR) is 114 cm³/mol. The fourth-order valence-electron chi connectivity index (χ4n) is 4.62. The predicted octanol–water partition coefficient (Wildman–Crippen LogP) is 4.58. The first-order chi connectivity index (χ1) is 14.2. The molecule has 0 radical (unpaired) electrons. The largest absolute Gasteiger partial charge is 0.493 e. The van der Waals surface area contributed by atoms with E-state index in [2.05, 4.69) is 40.6 Å². The Labute approximate surface area is 174 Å². The molecule has 148 valence electrons. The van der Waals surface area contributed by atoms with E-state index in [1.165, 1.54) is 21.6 Å². The third-order valence-corrected chi connectivity index (χ3v) is 7.05. The summed E-state index contributed by atoms with van der Waals surface area (Å²) < 4.78 is 11.1. The van der Waals surface area contributed by atoms with Crippen molar-refractivity contribution in [2.75, 3.05) is 20.8 Å². The van der Waals surface area contributed by atoms with E-state index in [-0.39, 0.29) is 17.9 Å². The van der Waals surface area contributed by atoms with Gasteiger partial charge in [0.15, 0.2) is 11.5 Å². The summed E-state index contributed by atoms with van der Waals surface area (Å²) in [6, 6.07) is 16.5. The van der Waals surface area contributed by atoms with Crippen LogP contribution in [0.4, 0.5) is 0 Å². The molecule has 0 saturated carbocycles. The summed E-state index contributed by atoms with van der Waals surface area (Å²) in [5, 5.41) is 2.08. The number of carbonyl (C=O) groups excluding carboxylic acids is 1. The highest BCUT2D eigenvalue weighted by atomic mass is 32.1. The van der Waals surface area contributed by atoms with Gasteiger partial charge in [-0.3, -0.25) is 4.79 Å². The molecule has 2 atom stereocenters. The minimum absolute atomic E-state index is 0.0321. The smallest absolute Gasteiger partial charge is 0.231 e. The number of hydrogen-bond donors (Lipinski definition) is 0. The van der Waals surface area contributed by atoms with Crippen LogP contribution >= 0.6 is 11.3 Å². The van der Waals surface area contributed by atoms with E-state index in [4.69, 9.17) is 9.47 Å². The zero-order valence-electron chi connectivity index (χ0n) is 16.6. The molecule has 1 aliphatic heterocycles. The van der Waals surface area contributed by atoms with Crippen LogP contribution in [0.25, 0.3) is 0 Å². The van der Waals surface area contributed by atoms with Crippen molar-refractivity contribution in [3.63, 3.8) is 0 Å². The monoisotopic (exact) mass is 405 g/mol. The van der Waals surface area contributed by atoms with Crippen LogP contribution in [0.5, 0.6) is 11.5 Å². The highest BCUT2D eigenvalue weighted by molar-refractivity contribution is 7.10. The van der Waals surface area contributed by atoms with Crippen molar-refractivity contribution < 1.29 is 14.3 Å². The molecule has 4 nitrogen and oxygen atoms in total. The van der Waals surface area contributed by atoms with Crippen LogP contribution in [0.1, 0.15) is 39.1 Å². The molecule has 5 rings (SSSR count). The molecule has 0 bridgehead atoms. The molecular weight excluding hydrogens is 382 g/mol. The Bertz CT molecular complexity index is 1060. The van der Waals surface area contributed by atoms with Crippen LogP contribution in [-0.4, -0.2) is 31.6 Å².